The predicted molar refractivity (Wildman–Crippen MR) is 107 cm³/mol. The second-order valence-corrected chi connectivity index (χ2v) is 7.43. The van der Waals surface area contributed by atoms with Crippen molar-refractivity contribution in [1.82, 2.24) is 10.2 Å². The van der Waals surface area contributed by atoms with E-state index in [-0.39, 0.29) is 24.1 Å². The molecule has 0 fully saturated rings. The van der Waals surface area contributed by atoms with Gasteiger partial charge in [0.2, 0.25) is 17.7 Å². The van der Waals surface area contributed by atoms with E-state index in [9.17, 15) is 9.59 Å². The van der Waals surface area contributed by atoms with Crippen molar-refractivity contribution in [2.24, 2.45) is 0 Å². The predicted octanol–water partition coefficient (Wildman–Crippen LogP) is 3.43. The van der Waals surface area contributed by atoms with Crippen molar-refractivity contribution in [3.05, 3.63) is 53.6 Å². The molecule has 3 aromatic rings. The lowest BCUT2D eigenvalue weighted by molar-refractivity contribution is -0.120. The number of hydrogen-bond donors (Lipinski definition) is 1. The van der Waals surface area contributed by atoms with Crippen LogP contribution in [0.3, 0.4) is 0 Å². The van der Waals surface area contributed by atoms with Crippen molar-refractivity contribution in [2.45, 2.75) is 19.1 Å². The van der Waals surface area contributed by atoms with E-state index in [0.29, 0.717) is 22.5 Å². The molecule has 0 unspecified atom stereocenters. The maximum Gasteiger partial charge on any atom is 0.277 e. The number of thioether (sulfide) groups is 1. The second-order valence-electron chi connectivity index (χ2n) is 6.51. The molecular formula is C20H18N4O3S. The number of para-hydroxylation sites is 2. The van der Waals surface area contributed by atoms with Gasteiger partial charge in [-0.1, -0.05) is 30.0 Å². The molecule has 0 bridgehead atoms. The number of aromatic nitrogens is 2. The molecule has 2 aromatic carbocycles. The van der Waals surface area contributed by atoms with Crippen LogP contribution in [0.25, 0.3) is 11.5 Å². The molecule has 4 rings (SSSR count). The summed E-state index contributed by atoms with van der Waals surface area (Å²) in [6.45, 7) is 4.06. The van der Waals surface area contributed by atoms with Gasteiger partial charge in [0, 0.05) is 5.56 Å². The Balaban J connectivity index is 1.45. The first-order chi connectivity index (χ1) is 13.5. The van der Waals surface area contributed by atoms with Gasteiger partial charge in [-0.05, 0) is 49.2 Å². The molecule has 0 saturated carbocycles. The molecule has 1 aliphatic heterocycles. The summed E-state index contributed by atoms with van der Waals surface area (Å²) in [6, 6.07) is 13.1. The Morgan fingerprint density at radius 2 is 2.00 bits per heavy atom. The van der Waals surface area contributed by atoms with Gasteiger partial charge in [-0.15, -0.1) is 10.2 Å². The van der Waals surface area contributed by atoms with Crippen LogP contribution in [0.4, 0.5) is 11.4 Å². The highest BCUT2D eigenvalue weighted by Gasteiger charge is 2.26. The number of hydrogen-bond acceptors (Lipinski definition) is 6. The summed E-state index contributed by atoms with van der Waals surface area (Å²) < 4.78 is 5.68. The van der Waals surface area contributed by atoms with Crippen LogP contribution in [0.2, 0.25) is 0 Å². The zero-order valence-corrected chi connectivity index (χ0v) is 16.2. The summed E-state index contributed by atoms with van der Waals surface area (Å²) in [6.07, 6.45) is 0. The first-order valence-electron chi connectivity index (χ1n) is 8.74. The fourth-order valence-electron chi connectivity index (χ4n) is 2.92. The van der Waals surface area contributed by atoms with Crippen molar-refractivity contribution in [2.75, 3.05) is 22.5 Å². The molecular weight excluding hydrogens is 376 g/mol. The minimum atomic E-state index is -0.216. The Bertz CT molecular complexity index is 1060. The minimum absolute atomic E-state index is 0.00582. The summed E-state index contributed by atoms with van der Waals surface area (Å²) in [4.78, 5) is 26.0. The average Bonchev–Trinajstić information content (AvgIpc) is 3.16. The van der Waals surface area contributed by atoms with E-state index in [1.165, 1.54) is 10.5 Å². The van der Waals surface area contributed by atoms with Gasteiger partial charge < -0.3 is 14.6 Å². The van der Waals surface area contributed by atoms with E-state index in [1.807, 2.05) is 50.2 Å². The quantitative estimate of drug-likeness (QED) is 0.682. The van der Waals surface area contributed by atoms with E-state index in [1.54, 1.807) is 6.07 Å². The summed E-state index contributed by atoms with van der Waals surface area (Å²) in [7, 11) is 0. The fraction of sp³-hybridized carbons (Fsp3) is 0.200. The molecule has 8 heteroatoms. The first kappa shape index (κ1) is 18.2. The van der Waals surface area contributed by atoms with E-state index < -0.39 is 0 Å². The summed E-state index contributed by atoms with van der Waals surface area (Å²) >= 11 is 1.16. The summed E-state index contributed by atoms with van der Waals surface area (Å²) in [5.74, 6) is 0.0988. The third-order valence-electron chi connectivity index (χ3n) is 4.55. The number of amides is 2. The van der Waals surface area contributed by atoms with Crippen molar-refractivity contribution in [3.63, 3.8) is 0 Å². The standard InChI is InChI=1S/C20H18N4O3S/c1-12-7-8-14(9-13(12)2)19-22-23-20(27-19)28-11-18(26)24-10-17(25)21-15-5-3-4-6-16(15)24/h3-9H,10-11H2,1-2H3,(H,21,25). The maximum atomic E-state index is 12.7. The number of benzene rings is 2. The molecule has 1 aliphatic rings. The Morgan fingerprint density at radius 3 is 2.82 bits per heavy atom. The molecule has 2 heterocycles. The normalized spacial score (nSPS) is 13.2. The van der Waals surface area contributed by atoms with Crippen LogP contribution in [-0.4, -0.2) is 34.3 Å². The van der Waals surface area contributed by atoms with Crippen molar-refractivity contribution >= 4 is 35.0 Å². The van der Waals surface area contributed by atoms with Gasteiger partial charge in [-0.2, -0.15) is 0 Å². The third-order valence-corrected chi connectivity index (χ3v) is 5.35. The largest absolute Gasteiger partial charge is 0.411 e. The number of nitrogens with one attached hydrogen (secondary N) is 1. The lowest BCUT2D eigenvalue weighted by Gasteiger charge is -2.28. The number of nitrogens with zero attached hydrogens (tertiary/aromatic N) is 3. The lowest BCUT2D eigenvalue weighted by Crippen LogP contribution is -2.43. The zero-order chi connectivity index (χ0) is 19.7. The molecule has 1 N–H and O–H groups in total. The van der Waals surface area contributed by atoms with E-state index in [2.05, 4.69) is 15.5 Å². The third kappa shape index (κ3) is 3.63. The number of carbonyl (C=O) groups is 2. The second kappa shape index (κ2) is 7.47. The van der Waals surface area contributed by atoms with Crippen molar-refractivity contribution in [1.29, 1.82) is 0 Å². The molecule has 0 spiro atoms. The lowest BCUT2D eigenvalue weighted by atomic mass is 10.1. The SMILES string of the molecule is Cc1ccc(-c2nnc(SCC(=O)N3CC(=O)Nc4ccccc43)o2)cc1C. The topological polar surface area (TPSA) is 88.3 Å². The average molecular weight is 394 g/mol. The maximum absolute atomic E-state index is 12.7. The molecule has 2 amide bonds. The Labute approximate surface area is 166 Å². The summed E-state index contributed by atoms with van der Waals surface area (Å²) in [5, 5.41) is 11.2. The molecule has 0 saturated heterocycles. The monoisotopic (exact) mass is 394 g/mol. The highest BCUT2D eigenvalue weighted by Crippen LogP contribution is 2.30. The van der Waals surface area contributed by atoms with Gasteiger partial charge >= 0.3 is 0 Å². The molecule has 0 atom stereocenters. The highest BCUT2D eigenvalue weighted by molar-refractivity contribution is 7.99. The Morgan fingerprint density at radius 1 is 1.18 bits per heavy atom. The van der Waals surface area contributed by atoms with E-state index in [4.69, 9.17) is 4.42 Å². The number of aryl methyl sites for hydroxylation is 2. The van der Waals surface area contributed by atoms with Crippen molar-refractivity contribution in [3.8, 4) is 11.5 Å². The fourth-order valence-corrected chi connectivity index (χ4v) is 3.56. The number of anilines is 2. The van der Waals surface area contributed by atoms with Crippen LogP contribution >= 0.6 is 11.8 Å². The van der Waals surface area contributed by atoms with Gasteiger partial charge in [0.15, 0.2) is 0 Å². The van der Waals surface area contributed by atoms with Crippen LogP contribution in [0, 0.1) is 13.8 Å². The van der Waals surface area contributed by atoms with Gasteiger partial charge in [-0.3, -0.25) is 9.59 Å². The van der Waals surface area contributed by atoms with Crippen LogP contribution in [0.15, 0.2) is 52.1 Å². The molecule has 0 radical (unpaired) electrons. The van der Waals surface area contributed by atoms with Gasteiger partial charge in [0.25, 0.3) is 5.22 Å². The number of rotatable bonds is 4. The van der Waals surface area contributed by atoms with Gasteiger partial charge in [0.1, 0.15) is 6.54 Å². The first-order valence-corrected chi connectivity index (χ1v) is 9.73. The smallest absolute Gasteiger partial charge is 0.277 e. The minimum Gasteiger partial charge on any atom is -0.411 e. The number of fused-ring (bicyclic) bond motifs is 1. The Hall–Kier alpha value is -3.13. The van der Waals surface area contributed by atoms with Crippen LogP contribution in [-0.2, 0) is 9.59 Å². The van der Waals surface area contributed by atoms with Crippen LogP contribution < -0.4 is 10.2 Å². The van der Waals surface area contributed by atoms with Crippen LogP contribution in [0.5, 0.6) is 0 Å². The molecule has 142 valence electrons. The summed E-state index contributed by atoms with van der Waals surface area (Å²) in [5.41, 5.74) is 4.49. The Kier molecular flexibility index (Phi) is 4.87. The molecule has 28 heavy (non-hydrogen) atoms. The molecule has 0 aliphatic carbocycles. The van der Waals surface area contributed by atoms with Crippen molar-refractivity contribution < 1.29 is 14.0 Å². The van der Waals surface area contributed by atoms with E-state index in [0.717, 1.165) is 22.9 Å². The van der Waals surface area contributed by atoms with Crippen LogP contribution in [0.1, 0.15) is 11.1 Å². The highest BCUT2D eigenvalue weighted by atomic mass is 32.2. The van der Waals surface area contributed by atoms with E-state index >= 15 is 0 Å². The zero-order valence-electron chi connectivity index (χ0n) is 15.4. The molecule has 7 nitrogen and oxygen atoms in total. The number of carbonyl (C=O) groups excluding carboxylic acids is 2. The van der Waals surface area contributed by atoms with Gasteiger partial charge in [0.05, 0.1) is 17.1 Å². The van der Waals surface area contributed by atoms with Gasteiger partial charge in [-0.25, -0.2) is 0 Å². The molecule has 1 aromatic heterocycles.